The zero-order chi connectivity index (χ0) is 24.3. The van der Waals surface area contributed by atoms with E-state index < -0.39 is 47.5 Å². The van der Waals surface area contributed by atoms with Gasteiger partial charge >= 0.3 is 0 Å². The molecule has 3 aromatic rings. The maximum Gasteiger partial charge on any atom is 0.280 e. The van der Waals surface area contributed by atoms with E-state index in [1.807, 2.05) is 0 Å². The van der Waals surface area contributed by atoms with Crippen LogP contribution in [-0.4, -0.2) is 34.6 Å². The Kier molecular flexibility index (Phi) is 6.60. The third-order valence-electron chi connectivity index (χ3n) is 4.65. The Labute approximate surface area is 185 Å². The van der Waals surface area contributed by atoms with Crippen LogP contribution in [0.2, 0.25) is 0 Å². The van der Waals surface area contributed by atoms with Crippen LogP contribution in [-0.2, 0) is 16.6 Å². The van der Waals surface area contributed by atoms with Crippen molar-refractivity contribution < 1.29 is 22.7 Å². The van der Waals surface area contributed by atoms with E-state index >= 15 is 0 Å². The summed E-state index contributed by atoms with van der Waals surface area (Å²) in [6.07, 6.45) is 0. The van der Waals surface area contributed by atoms with E-state index in [2.05, 4.69) is 9.82 Å². The maximum atomic E-state index is 13.1. The summed E-state index contributed by atoms with van der Waals surface area (Å²) >= 11 is 0. The summed E-state index contributed by atoms with van der Waals surface area (Å²) in [4.78, 5) is 32.0. The molecular formula is C19H16FN5O7S. The molecule has 3 rings (SSSR count). The molecule has 0 fully saturated rings. The van der Waals surface area contributed by atoms with Crippen molar-refractivity contribution >= 4 is 21.4 Å². The van der Waals surface area contributed by atoms with Gasteiger partial charge in [0, 0.05) is 30.3 Å². The van der Waals surface area contributed by atoms with Gasteiger partial charge < -0.3 is 0 Å². The normalized spacial score (nSPS) is 11.3. The fraction of sp³-hybridized carbons (Fsp3) is 0.158. The lowest BCUT2D eigenvalue weighted by Gasteiger charge is -2.10. The van der Waals surface area contributed by atoms with Crippen LogP contribution in [0.3, 0.4) is 0 Å². The summed E-state index contributed by atoms with van der Waals surface area (Å²) in [5.74, 6) is -0.446. The van der Waals surface area contributed by atoms with Crippen molar-refractivity contribution in [1.82, 2.24) is 14.5 Å². The Morgan fingerprint density at radius 1 is 1.03 bits per heavy atom. The predicted molar refractivity (Wildman–Crippen MR) is 114 cm³/mol. The average molecular weight is 477 g/mol. The summed E-state index contributed by atoms with van der Waals surface area (Å²) in [5, 5.41) is 26.5. The first kappa shape index (κ1) is 23.6. The van der Waals surface area contributed by atoms with Gasteiger partial charge in [0.05, 0.1) is 27.0 Å². The lowest BCUT2D eigenvalue weighted by molar-refractivity contribution is -0.395. The van der Waals surface area contributed by atoms with Crippen LogP contribution >= 0.6 is 0 Å². The van der Waals surface area contributed by atoms with E-state index in [1.165, 1.54) is 36.4 Å². The standard InChI is InChI=1S/C19H16FN5O7S/c1-12-17(24(27)28)10-15(11-18(12)25(29)30)33(31,32)21-8-9-23-19(26)7-6-16(22-23)13-2-4-14(20)5-3-13/h2-7,10-11,21H,8-9H2,1H3. The molecule has 14 heteroatoms. The van der Waals surface area contributed by atoms with Crippen molar-refractivity contribution in [2.45, 2.75) is 18.4 Å². The van der Waals surface area contributed by atoms with Crippen LogP contribution in [0.25, 0.3) is 11.3 Å². The predicted octanol–water partition coefficient (Wildman–Crippen LogP) is 2.15. The van der Waals surface area contributed by atoms with Crippen molar-refractivity contribution in [3.05, 3.63) is 90.5 Å². The Morgan fingerprint density at radius 3 is 2.15 bits per heavy atom. The molecule has 0 unspecified atom stereocenters. The second-order valence-corrected chi connectivity index (χ2v) is 8.55. The highest BCUT2D eigenvalue weighted by molar-refractivity contribution is 7.89. The van der Waals surface area contributed by atoms with Crippen LogP contribution in [0.5, 0.6) is 0 Å². The van der Waals surface area contributed by atoms with E-state index in [9.17, 15) is 37.8 Å². The quantitative estimate of drug-likeness (QED) is 0.380. The smallest absolute Gasteiger partial charge is 0.268 e. The van der Waals surface area contributed by atoms with E-state index in [0.29, 0.717) is 11.3 Å². The summed E-state index contributed by atoms with van der Waals surface area (Å²) in [6, 6.07) is 9.47. The Hall–Kier alpha value is -4.04. The van der Waals surface area contributed by atoms with Gasteiger partial charge in [0.1, 0.15) is 11.4 Å². The molecule has 0 aliphatic rings. The van der Waals surface area contributed by atoms with Crippen LogP contribution in [0, 0.1) is 33.0 Å². The number of benzene rings is 2. The number of nitro groups is 2. The minimum atomic E-state index is -4.38. The molecule has 33 heavy (non-hydrogen) atoms. The lowest BCUT2D eigenvalue weighted by Crippen LogP contribution is -2.32. The van der Waals surface area contributed by atoms with Crippen molar-refractivity contribution in [3.63, 3.8) is 0 Å². The Bertz CT molecular complexity index is 1370. The molecule has 1 aromatic heterocycles. The molecule has 0 spiro atoms. The first-order valence-electron chi connectivity index (χ1n) is 9.27. The molecule has 0 aliphatic carbocycles. The van der Waals surface area contributed by atoms with Crippen molar-refractivity contribution in [3.8, 4) is 11.3 Å². The minimum absolute atomic E-state index is 0.205. The van der Waals surface area contributed by atoms with Gasteiger partial charge in [-0.05, 0) is 37.3 Å². The third-order valence-corrected chi connectivity index (χ3v) is 6.09. The summed E-state index contributed by atoms with van der Waals surface area (Å²) in [5.41, 5.74) is -1.35. The highest BCUT2D eigenvalue weighted by Crippen LogP contribution is 2.31. The zero-order valence-corrected chi connectivity index (χ0v) is 17.8. The van der Waals surface area contributed by atoms with Gasteiger partial charge in [-0.1, -0.05) is 0 Å². The molecule has 0 aliphatic heterocycles. The van der Waals surface area contributed by atoms with E-state index in [-0.39, 0.29) is 18.7 Å². The molecule has 1 N–H and O–H groups in total. The monoisotopic (exact) mass is 477 g/mol. The van der Waals surface area contributed by atoms with Crippen LogP contribution in [0.1, 0.15) is 5.56 Å². The summed E-state index contributed by atoms with van der Waals surface area (Å²) in [6.45, 7) is 0.604. The van der Waals surface area contributed by atoms with E-state index in [1.54, 1.807) is 0 Å². The number of nitro benzene ring substituents is 2. The highest BCUT2D eigenvalue weighted by Gasteiger charge is 2.27. The van der Waals surface area contributed by atoms with Crippen LogP contribution < -0.4 is 10.3 Å². The largest absolute Gasteiger partial charge is 0.280 e. The van der Waals surface area contributed by atoms with Gasteiger partial charge in [-0.15, -0.1) is 0 Å². The fourth-order valence-electron chi connectivity index (χ4n) is 2.95. The van der Waals surface area contributed by atoms with Crippen LogP contribution in [0.4, 0.5) is 15.8 Å². The van der Waals surface area contributed by atoms with Crippen molar-refractivity contribution in [2.75, 3.05) is 6.54 Å². The molecular weight excluding hydrogens is 461 g/mol. The van der Waals surface area contributed by atoms with Gasteiger partial charge in [-0.3, -0.25) is 25.0 Å². The fourth-order valence-corrected chi connectivity index (χ4v) is 4.01. The number of nitrogens with zero attached hydrogens (tertiary/aromatic N) is 4. The number of halogens is 1. The molecule has 0 saturated heterocycles. The molecule has 172 valence electrons. The molecule has 0 bridgehead atoms. The van der Waals surface area contributed by atoms with Crippen molar-refractivity contribution in [2.24, 2.45) is 0 Å². The first-order valence-corrected chi connectivity index (χ1v) is 10.7. The van der Waals surface area contributed by atoms with Gasteiger partial charge in [-0.25, -0.2) is 22.2 Å². The number of aromatic nitrogens is 2. The highest BCUT2D eigenvalue weighted by atomic mass is 32.2. The lowest BCUT2D eigenvalue weighted by atomic mass is 10.1. The molecule has 0 radical (unpaired) electrons. The van der Waals surface area contributed by atoms with E-state index in [4.69, 9.17) is 0 Å². The van der Waals surface area contributed by atoms with Crippen LogP contribution in [0.15, 0.2) is 58.2 Å². The Morgan fingerprint density at radius 2 is 1.61 bits per heavy atom. The topological polar surface area (TPSA) is 167 Å². The van der Waals surface area contributed by atoms with Crippen molar-refractivity contribution in [1.29, 1.82) is 0 Å². The minimum Gasteiger partial charge on any atom is -0.268 e. The molecule has 0 saturated carbocycles. The zero-order valence-electron chi connectivity index (χ0n) is 17.0. The average Bonchev–Trinajstić information content (AvgIpc) is 2.75. The number of sulfonamides is 1. The SMILES string of the molecule is Cc1c([N+](=O)[O-])cc(S(=O)(=O)NCCn2nc(-c3ccc(F)cc3)ccc2=O)cc1[N+](=O)[O-]. The number of hydrogen-bond acceptors (Lipinski definition) is 8. The Balaban J connectivity index is 1.83. The maximum absolute atomic E-state index is 13.1. The first-order chi connectivity index (χ1) is 15.5. The molecule has 0 atom stereocenters. The van der Waals surface area contributed by atoms with Gasteiger partial charge in [0.25, 0.3) is 16.9 Å². The number of hydrogen-bond donors (Lipinski definition) is 1. The number of nitrogens with one attached hydrogen (secondary N) is 1. The van der Waals surface area contributed by atoms with E-state index in [0.717, 1.165) is 23.7 Å². The molecule has 1 heterocycles. The van der Waals surface area contributed by atoms with Gasteiger partial charge in [-0.2, -0.15) is 5.10 Å². The third kappa shape index (κ3) is 5.24. The second-order valence-electron chi connectivity index (χ2n) is 6.79. The summed E-state index contributed by atoms with van der Waals surface area (Å²) < 4.78 is 41.4. The number of rotatable bonds is 8. The summed E-state index contributed by atoms with van der Waals surface area (Å²) in [7, 11) is -4.38. The molecule has 12 nitrogen and oxygen atoms in total. The molecule has 0 amide bonds. The van der Waals surface area contributed by atoms with Gasteiger partial charge in [0.15, 0.2) is 0 Å². The molecule has 2 aromatic carbocycles. The second kappa shape index (κ2) is 9.22. The van der Waals surface area contributed by atoms with Gasteiger partial charge in [0.2, 0.25) is 10.0 Å².